The lowest BCUT2D eigenvalue weighted by Crippen LogP contribution is -2.34. The van der Waals surface area contributed by atoms with E-state index >= 15 is 0 Å². The number of amides is 2. The van der Waals surface area contributed by atoms with Crippen molar-refractivity contribution in [3.63, 3.8) is 0 Å². The van der Waals surface area contributed by atoms with Crippen molar-refractivity contribution in [2.75, 3.05) is 11.9 Å². The molecule has 0 fully saturated rings. The largest absolute Gasteiger partial charge is 0.490 e. The zero-order chi connectivity index (χ0) is 34.3. The lowest BCUT2D eigenvalue weighted by atomic mass is 10.0. The summed E-state index contributed by atoms with van der Waals surface area (Å²) in [5, 5.41) is 5.22. The Hall–Kier alpha value is -3.91. The molecule has 7 nitrogen and oxygen atoms in total. The minimum atomic E-state index is -0.343. The van der Waals surface area contributed by atoms with Crippen molar-refractivity contribution in [1.29, 1.82) is 0 Å². The van der Waals surface area contributed by atoms with Crippen LogP contribution in [0.15, 0.2) is 72.8 Å². The molecule has 2 unspecified atom stereocenters. The molecular weight excluding hydrogens is 581 g/mol. The number of anilines is 1. The summed E-state index contributed by atoms with van der Waals surface area (Å²) in [4.78, 5) is 22.0. The number of carbonyl (C=O) groups excluding carboxylic acids is 2. The van der Waals surface area contributed by atoms with Gasteiger partial charge in [-0.3, -0.25) is 9.59 Å². The predicted octanol–water partition coefficient (Wildman–Crippen LogP) is 8.38. The second-order valence-corrected chi connectivity index (χ2v) is 11.5. The van der Waals surface area contributed by atoms with E-state index in [2.05, 4.69) is 76.4 Å². The van der Waals surface area contributed by atoms with E-state index in [4.69, 9.17) is 15.2 Å². The highest BCUT2D eigenvalue weighted by Gasteiger charge is 2.15. The van der Waals surface area contributed by atoms with Gasteiger partial charge in [0.15, 0.2) is 0 Å². The molecule has 8 heteroatoms. The van der Waals surface area contributed by atoms with Gasteiger partial charge < -0.3 is 25.8 Å². The van der Waals surface area contributed by atoms with Crippen LogP contribution in [0.5, 0.6) is 11.5 Å². The number of benzene rings is 3. The van der Waals surface area contributed by atoms with Gasteiger partial charge >= 0.3 is 0 Å². The van der Waals surface area contributed by atoms with E-state index in [9.17, 15) is 14.0 Å². The summed E-state index contributed by atoms with van der Waals surface area (Å²) in [6.07, 6.45) is 6.59. The average Bonchev–Trinajstić information content (AvgIpc) is 3.05. The first-order valence-corrected chi connectivity index (χ1v) is 16.5. The molecule has 3 rings (SSSR count). The van der Waals surface area contributed by atoms with Crippen molar-refractivity contribution in [3.05, 3.63) is 89.7 Å². The molecule has 0 heterocycles. The van der Waals surface area contributed by atoms with Gasteiger partial charge in [0, 0.05) is 30.3 Å². The third-order valence-corrected chi connectivity index (χ3v) is 7.38. The van der Waals surface area contributed by atoms with Crippen LogP contribution in [-0.2, 0) is 9.59 Å². The van der Waals surface area contributed by atoms with Gasteiger partial charge in [-0.15, -0.1) is 0 Å². The van der Waals surface area contributed by atoms with Crippen LogP contribution in [0.3, 0.4) is 0 Å². The third kappa shape index (κ3) is 17.5. The summed E-state index contributed by atoms with van der Waals surface area (Å²) in [5.74, 6) is 1.17. The fourth-order valence-corrected chi connectivity index (χ4v) is 4.38. The first kappa shape index (κ1) is 40.1. The molecule has 0 aliphatic heterocycles. The minimum Gasteiger partial charge on any atom is -0.490 e. The van der Waals surface area contributed by atoms with Gasteiger partial charge in [-0.25, -0.2) is 4.39 Å². The van der Waals surface area contributed by atoms with E-state index in [1.54, 1.807) is 6.92 Å². The Bertz CT molecular complexity index is 1200. The average molecular weight is 638 g/mol. The zero-order valence-electron chi connectivity index (χ0n) is 28.9. The summed E-state index contributed by atoms with van der Waals surface area (Å²) in [7, 11) is 0. The van der Waals surface area contributed by atoms with Crippen LogP contribution in [0.4, 0.5) is 10.1 Å². The van der Waals surface area contributed by atoms with Gasteiger partial charge in [0.1, 0.15) is 17.3 Å². The SMILES string of the molecule is CC(CCC(N)CNC=O)C(=O)Nc1ccc(F)cc1.CCC(CC)Oc1cc(C)cc(OC(CC)CC)c1.Cc1ccccc1. The normalized spacial score (nSPS) is 11.7. The molecule has 3 aromatic carbocycles. The summed E-state index contributed by atoms with van der Waals surface area (Å²) >= 11 is 0. The first-order chi connectivity index (χ1) is 22.0. The molecule has 4 N–H and O–H groups in total. The molecule has 2 amide bonds. The Labute approximate surface area is 276 Å². The molecule has 0 saturated carbocycles. The zero-order valence-corrected chi connectivity index (χ0v) is 28.9. The molecule has 0 radical (unpaired) electrons. The lowest BCUT2D eigenvalue weighted by molar-refractivity contribution is -0.119. The van der Waals surface area contributed by atoms with Crippen molar-refractivity contribution in [3.8, 4) is 11.5 Å². The van der Waals surface area contributed by atoms with Crippen molar-refractivity contribution in [2.24, 2.45) is 11.7 Å². The molecular formula is C38H56FN3O4. The molecule has 0 aliphatic rings. The van der Waals surface area contributed by atoms with Gasteiger partial charge in [0.05, 0.1) is 12.2 Å². The van der Waals surface area contributed by atoms with Gasteiger partial charge in [-0.05, 0) is 94.3 Å². The summed E-state index contributed by atoms with van der Waals surface area (Å²) in [5.41, 5.74) is 8.85. The van der Waals surface area contributed by atoms with Gasteiger partial charge in [-0.1, -0.05) is 70.5 Å². The van der Waals surface area contributed by atoms with Gasteiger partial charge in [0.2, 0.25) is 12.3 Å². The Kier molecular flexibility index (Phi) is 20.4. The highest BCUT2D eigenvalue weighted by molar-refractivity contribution is 5.92. The van der Waals surface area contributed by atoms with Crippen molar-refractivity contribution >= 4 is 18.0 Å². The quantitative estimate of drug-likeness (QED) is 0.137. The van der Waals surface area contributed by atoms with E-state index in [1.165, 1.54) is 35.4 Å². The third-order valence-electron chi connectivity index (χ3n) is 7.38. The van der Waals surface area contributed by atoms with E-state index in [-0.39, 0.29) is 23.7 Å². The predicted molar refractivity (Wildman–Crippen MR) is 188 cm³/mol. The Morgan fingerprint density at radius 2 is 1.33 bits per heavy atom. The van der Waals surface area contributed by atoms with Crippen LogP contribution < -0.4 is 25.8 Å². The monoisotopic (exact) mass is 637 g/mol. The van der Waals surface area contributed by atoms with Crippen molar-refractivity contribution in [1.82, 2.24) is 5.32 Å². The number of hydrogen-bond donors (Lipinski definition) is 3. The Balaban J connectivity index is 0.000000380. The standard InChI is InChI=1S/C17H28O2.C14H20FN3O2.C7H8/c1-6-14(7-2)18-16-10-13(5)11-17(12-16)19-15(8-3)9-4;1-10(2-5-12(16)8-17-9-19)14(20)18-13-6-3-11(15)4-7-13;1-7-5-3-2-4-6-7/h10-12,14-15H,6-9H2,1-5H3;3-4,6-7,9-10,12H,2,5,8,16H2,1H3,(H,17,19)(H,18,20);2-6H,1H3. The molecule has 0 saturated heterocycles. The van der Waals surface area contributed by atoms with Crippen LogP contribution in [0.25, 0.3) is 0 Å². The highest BCUT2D eigenvalue weighted by atomic mass is 19.1. The molecule has 0 bridgehead atoms. The number of rotatable bonds is 16. The van der Waals surface area contributed by atoms with Crippen LogP contribution in [0.1, 0.15) is 84.3 Å². The number of nitrogens with one attached hydrogen (secondary N) is 2. The van der Waals surface area contributed by atoms with Crippen LogP contribution in [0.2, 0.25) is 0 Å². The maximum absolute atomic E-state index is 12.7. The number of hydrogen-bond acceptors (Lipinski definition) is 5. The molecule has 254 valence electrons. The summed E-state index contributed by atoms with van der Waals surface area (Å²) in [6, 6.07) is 21.9. The van der Waals surface area contributed by atoms with E-state index in [1.807, 2.05) is 24.3 Å². The number of nitrogens with two attached hydrogens (primary N) is 1. The molecule has 2 atom stereocenters. The maximum Gasteiger partial charge on any atom is 0.227 e. The number of aryl methyl sites for hydroxylation is 2. The first-order valence-electron chi connectivity index (χ1n) is 16.5. The Morgan fingerprint density at radius 1 is 0.804 bits per heavy atom. The molecule has 0 aromatic heterocycles. The van der Waals surface area contributed by atoms with Crippen LogP contribution >= 0.6 is 0 Å². The second kappa shape index (κ2) is 23.4. The summed E-state index contributed by atoms with van der Waals surface area (Å²) in [6.45, 7) is 15.0. The smallest absolute Gasteiger partial charge is 0.227 e. The van der Waals surface area contributed by atoms with Crippen molar-refractivity contribution < 1.29 is 23.5 Å². The van der Waals surface area contributed by atoms with Gasteiger partial charge in [-0.2, -0.15) is 0 Å². The minimum absolute atomic E-state index is 0.132. The number of halogens is 1. The number of carbonyl (C=O) groups is 2. The van der Waals surface area contributed by atoms with Crippen LogP contribution in [-0.4, -0.2) is 37.1 Å². The fraction of sp³-hybridized carbons (Fsp3) is 0.474. The van der Waals surface area contributed by atoms with Crippen LogP contribution in [0, 0.1) is 25.6 Å². The molecule has 0 aliphatic carbocycles. The lowest BCUT2D eigenvalue weighted by Gasteiger charge is -2.19. The van der Waals surface area contributed by atoms with E-state index in [0.29, 0.717) is 43.7 Å². The van der Waals surface area contributed by atoms with Gasteiger partial charge in [0.25, 0.3) is 0 Å². The second-order valence-electron chi connectivity index (χ2n) is 11.5. The fourth-order valence-electron chi connectivity index (χ4n) is 4.38. The maximum atomic E-state index is 12.7. The molecule has 46 heavy (non-hydrogen) atoms. The van der Waals surface area contributed by atoms with Crippen molar-refractivity contribution in [2.45, 2.75) is 105 Å². The Morgan fingerprint density at radius 3 is 1.76 bits per heavy atom. The highest BCUT2D eigenvalue weighted by Crippen LogP contribution is 2.26. The molecule has 0 spiro atoms. The van der Waals surface area contributed by atoms with E-state index in [0.717, 1.165) is 37.2 Å². The topological polar surface area (TPSA) is 103 Å². The molecule has 3 aromatic rings. The summed E-state index contributed by atoms with van der Waals surface area (Å²) < 4.78 is 24.7. The van der Waals surface area contributed by atoms with E-state index < -0.39 is 0 Å². The number of ether oxygens (including phenoxy) is 2.